The molecule has 1 aliphatic heterocycles. The summed E-state index contributed by atoms with van der Waals surface area (Å²) in [6, 6.07) is 5.63. The molecule has 0 atom stereocenters. The van der Waals surface area contributed by atoms with Crippen LogP contribution >= 0.6 is 23.2 Å². The largest absolute Gasteiger partial charge is 0.317 e. The summed E-state index contributed by atoms with van der Waals surface area (Å²) in [6.07, 6.45) is 5.20. The van der Waals surface area contributed by atoms with Gasteiger partial charge in [0.1, 0.15) is 0 Å². The van der Waals surface area contributed by atoms with E-state index in [2.05, 4.69) is 21.8 Å². The Hall–Kier alpha value is -1.10. The second-order valence-corrected chi connectivity index (χ2v) is 6.33. The van der Waals surface area contributed by atoms with Gasteiger partial charge in [0, 0.05) is 28.7 Å². The maximum Gasteiger partial charge on any atom is 0.0858 e. The van der Waals surface area contributed by atoms with Gasteiger partial charge in [-0.2, -0.15) is 0 Å². The normalized spacial score (nSPS) is 16.3. The molecule has 21 heavy (non-hydrogen) atoms. The molecule has 2 heterocycles. The van der Waals surface area contributed by atoms with E-state index in [1.54, 1.807) is 6.07 Å². The number of piperidine rings is 1. The minimum Gasteiger partial charge on any atom is -0.317 e. The SMILES string of the molecule is Clc1cc(Cl)cc(CCn2cc(C3CCNCC3)nn2)c1. The first-order chi connectivity index (χ1) is 10.2. The van der Waals surface area contributed by atoms with Gasteiger partial charge in [-0.15, -0.1) is 5.10 Å². The molecule has 0 radical (unpaired) electrons. The predicted octanol–water partition coefficient (Wildman–Crippen LogP) is 3.29. The van der Waals surface area contributed by atoms with Gasteiger partial charge < -0.3 is 5.32 Å². The van der Waals surface area contributed by atoms with Crippen LogP contribution in [0.15, 0.2) is 24.4 Å². The third kappa shape index (κ3) is 3.96. The van der Waals surface area contributed by atoms with E-state index in [0.29, 0.717) is 16.0 Å². The highest BCUT2D eigenvalue weighted by molar-refractivity contribution is 6.34. The van der Waals surface area contributed by atoms with Crippen LogP contribution in [-0.2, 0) is 13.0 Å². The Labute approximate surface area is 134 Å². The Bertz CT molecular complexity index is 585. The summed E-state index contributed by atoms with van der Waals surface area (Å²) in [5, 5.41) is 13.3. The molecular formula is C15H18Cl2N4. The van der Waals surface area contributed by atoms with E-state index < -0.39 is 0 Å². The van der Waals surface area contributed by atoms with Crippen LogP contribution in [0.1, 0.15) is 30.0 Å². The smallest absolute Gasteiger partial charge is 0.0858 e. The lowest BCUT2D eigenvalue weighted by Gasteiger charge is -2.20. The number of nitrogens with zero attached hydrogens (tertiary/aromatic N) is 3. The number of nitrogens with one attached hydrogen (secondary N) is 1. The van der Waals surface area contributed by atoms with Crippen LogP contribution in [0.4, 0.5) is 0 Å². The maximum absolute atomic E-state index is 6.01. The standard InChI is InChI=1S/C15H18Cl2N4/c16-13-7-11(8-14(17)9-13)3-6-21-10-15(19-20-21)12-1-4-18-5-2-12/h7-10,12,18H,1-6H2. The fourth-order valence-corrected chi connectivity index (χ4v) is 3.30. The number of benzene rings is 1. The molecule has 0 bridgehead atoms. The van der Waals surface area contributed by atoms with E-state index in [0.717, 1.165) is 50.2 Å². The van der Waals surface area contributed by atoms with Gasteiger partial charge in [-0.05, 0) is 56.1 Å². The number of hydrogen-bond donors (Lipinski definition) is 1. The van der Waals surface area contributed by atoms with Crippen molar-refractivity contribution in [3.63, 3.8) is 0 Å². The molecule has 0 unspecified atom stereocenters. The van der Waals surface area contributed by atoms with E-state index in [4.69, 9.17) is 23.2 Å². The molecule has 0 saturated carbocycles. The highest BCUT2D eigenvalue weighted by atomic mass is 35.5. The van der Waals surface area contributed by atoms with Gasteiger partial charge in [0.25, 0.3) is 0 Å². The molecule has 1 aliphatic rings. The monoisotopic (exact) mass is 324 g/mol. The molecule has 0 amide bonds. The van der Waals surface area contributed by atoms with Gasteiger partial charge >= 0.3 is 0 Å². The number of aromatic nitrogens is 3. The van der Waals surface area contributed by atoms with Gasteiger partial charge in [0.15, 0.2) is 0 Å². The first kappa shape index (κ1) is 14.8. The van der Waals surface area contributed by atoms with Crippen molar-refractivity contribution in [2.45, 2.75) is 31.7 Å². The lowest BCUT2D eigenvalue weighted by molar-refractivity contribution is 0.453. The molecule has 1 aromatic carbocycles. The summed E-state index contributed by atoms with van der Waals surface area (Å²) in [5.41, 5.74) is 2.23. The summed E-state index contributed by atoms with van der Waals surface area (Å²) in [6.45, 7) is 2.92. The second-order valence-electron chi connectivity index (χ2n) is 5.46. The van der Waals surface area contributed by atoms with E-state index >= 15 is 0 Å². The molecule has 1 aromatic heterocycles. The molecular weight excluding hydrogens is 307 g/mol. The Morgan fingerprint density at radius 2 is 1.86 bits per heavy atom. The van der Waals surface area contributed by atoms with Gasteiger partial charge in [-0.1, -0.05) is 28.4 Å². The minimum atomic E-state index is 0.542. The van der Waals surface area contributed by atoms with Gasteiger partial charge in [-0.3, -0.25) is 4.68 Å². The lowest BCUT2D eigenvalue weighted by Crippen LogP contribution is -2.26. The molecule has 1 fully saturated rings. The predicted molar refractivity (Wildman–Crippen MR) is 85.0 cm³/mol. The average molecular weight is 325 g/mol. The third-order valence-electron chi connectivity index (χ3n) is 3.87. The van der Waals surface area contributed by atoms with Crippen molar-refractivity contribution in [1.29, 1.82) is 0 Å². The highest BCUT2D eigenvalue weighted by Crippen LogP contribution is 2.23. The summed E-state index contributed by atoms with van der Waals surface area (Å²) in [4.78, 5) is 0. The van der Waals surface area contributed by atoms with Gasteiger partial charge in [0.2, 0.25) is 0 Å². The zero-order valence-corrected chi connectivity index (χ0v) is 13.2. The zero-order valence-electron chi connectivity index (χ0n) is 11.7. The van der Waals surface area contributed by atoms with Crippen molar-refractivity contribution < 1.29 is 0 Å². The van der Waals surface area contributed by atoms with Gasteiger partial charge in [0.05, 0.1) is 5.69 Å². The summed E-state index contributed by atoms with van der Waals surface area (Å²) in [5.74, 6) is 0.542. The first-order valence-corrected chi connectivity index (χ1v) is 8.02. The molecule has 2 aromatic rings. The summed E-state index contributed by atoms with van der Waals surface area (Å²) in [7, 11) is 0. The Morgan fingerprint density at radius 1 is 1.14 bits per heavy atom. The van der Waals surface area contributed by atoms with Crippen LogP contribution in [0.3, 0.4) is 0 Å². The van der Waals surface area contributed by atoms with E-state index in [1.807, 2.05) is 16.8 Å². The average Bonchev–Trinajstić information content (AvgIpc) is 2.94. The summed E-state index contributed by atoms with van der Waals surface area (Å²) >= 11 is 12.0. The Kier molecular flexibility index (Phi) is 4.78. The molecule has 3 rings (SSSR count). The Morgan fingerprint density at radius 3 is 2.57 bits per heavy atom. The number of aryl methyl sites for hydroxylation is 2. The van der Waals surface area contributed by atoms with Crippen LogP contribution < -0.4 is 5.32 Å². The first-order valence-electron chi connectivity index (χ1n) is 7.26. The van der Waals surface area contributed by atoms with Crippen LogP contribution in [0.5, 0.6) is 0 Å². The minimum absolute atomic E-state index is 0.542. The van der Waals surface area contributed by atoms with Crippen molar-refractivity contribution in [3.05, 3.63) is 45.7 Å². The topological polar surface area (TPSA) is 42.7 Å². The number of halogens is 2. The van der Waals surface area contributed by atoms with Crippen LogP contribution in [0, 0.1) is 0 Å². The van der Waals surface area contributed by atoms with Crippen molar-refractivity contribution in [3.8, 4) is 0 Å². The molecule has 4 nitrogen and oxygen atoms in total. The quantitative estimate of drug-likeness (QED) is 0.938. The molecule has 6 heteroatoms. The zero-order chi connectivity index (χ0) is 14.7. The van der Waals surface area contributed by atoms with Gasteiger partial charge in [-0.25, -0.2) is 0 Å². The van der Waals surface area contributed by atoms with E-state index in [9.17, 15) is 0 Å². The summed E-state index contributed by atoms with van der Waals surface area (Å²) < 4.78 is 1.91. The molecule has 1 N–H and O–H groups in total. The maximum atomic E-state index is 6.01. The van der Waals surface area contributed by atoms with Crippen LogP contribution in [0.25, 0.3) is 0 Å². The van der Waals surface area contributed by atoms with Crippen molar-refractivity contribution >= 4 is 23.2 Å². The van der Waals surface area contributed by atoms with E-state index in [-0.39, 0.29) is 0 Å². The van der Waals surface area contributed by atoms with Crippen molar-refractivity contribution in [2.24, 2.45) is 0 Å². The molecule has 0 spiro atoms. The number of hydrogen-bond acceptors (Lipinski definition) is 3. The Balaban J connectivity index is 1.61. The van der Waals surface area contributed by atoms with Crippen LogP contribution in [0.2, 0.25) is 10.0 Å². The molecule has 0 aliphatic carbocycles. The van der Waals surface area contributed by atoms with E-state index in [1.165, 1.54) is 0 Å². The molecule has 112 valence electrons. The highest BCUT2D eigenvalue weighted by Gasteiger charge is 2.18. The second kappa shape index (κ2) is 6.77. The van der Waals surface area contributed by atoms with Crippen LogP contribution in [-0.4, -0.2) is 28.1 Å². The van der Waals surface area contributed by atoms with Crippen molar-refractivity contribution in [2.75, 3.05) is 13.1 Å². The molecule has 1 saturated heterocycles. The number of rotatable bonds is 4. The third-order valence-corrected chi connectivity index (χ3v) is 4.30. The fourth-order valence-electron chi connectivity index (χ4n) is 2.73. The fraction of sp³-hybridized carbons (Fsp3) is 0.467. The van der Waals surface area contributed by atoms with Crippen molar-refractivity contribution in [1.82, 2.24) is 20.3 Å². The lowest BCUT2D eigenvalue weighted by atomic mass is 9.95.